The van der Waals surface area contributed by atoms with Crippen molar-refractivity contribution in [3.8, 4) is 11.1 Å². The van der Waals surface area contributed by atoms with Gasteiger partial charge in [-0.15, -0.1) is 11.3 Å². The molecule has 0 saturated carbocycles. The van der Waals surface area contributed by atoms with E-state index in [-0.39, 0.29) is 0 Å². The number of carboxylic acids is 1. The number of benzene rings is 4. The van der Waals surface area contributed by atoms with Crippen LogP contribution in [0.3, 0.4) is 0 Å². The van der Waals surface area contributed by atoms with Gasteiger partial charge in [0.05, 0.1) is 5.39 Å². The van der Waals surface area contributed by atoms with E-state index in [1.54, 1.807) is 11.3 Å². The fraction of sp³-hybridized carbons (Fsp3) is 0.129. The largest absolute Gasteiger partial charge is 0.480 e. The second-order valence-electron chi connectivity index (χ2n) is 9.06. The first-order valence-electron chi connectivity index (χ1n) is 12.3. The van der Waals surface area contributed by atoms with E-state index in [9.17, 15) is 9.90 Å². The van der Waals surface area contributed by atoms with E-state index in [1.807, 2.05) is 54.6 Å². The topological polar surface area (TPSA) is 75.1 Å². The Labute approximate surface area is 218 Å². The van der Waals surface area contributed by atoms with Crippen molar-refractivity contribution in [3.05, 3.63) is 102 Å². The Morgan fingerprint density at radius 3 is 2.32 bits per heavy atom. The number of nitrogens with zero attached hydrogens (tertiary/aromatic N) is 2. The van der Waals surface area contributed by atoms with E-state index >= 15 is 0 Å². The molecule has 2 heterocycles. The lowest BCUT2D eigenvalue weighted by Crippen LogP contribution is -2.32. The van der Waals surface area contributed by atoms with Crippen molar-refractivity contribution in [2.24, 2.45) is 0 Å². The fourth-order valence-corrected chi connectivity index (χ4v) is 6.21. The Bertz CT molecular complexity index is 1770. The molecule has 6 rings (SSSR count). The van der Waals surface area contributed by atoms with Gasteiger partial charge in [0.25, 0.3) is 0 Å². The zero-order chi connectivity index (χ0) is 25.4. The highest BCUT2D eigenvalue weighted by atomic mass is 32.1. The molecule has 0 fully saturated rings. The van der Waals surface area contributed by atoms with Crippen LogP contribution in [0.5, 0.6) is 0 Å². The van der Waals surface area contributed by atoms with E-state index in [4.69, 9.17) is 0 Å². The number of aliphatic carboxylic acids is 1. The summed E-state index contributed by atoms with van der Waals surface area (Å²) in [6.07, 6.45) is 2.69. The molecular weight excluding hydrogens is 478 g/mol. The molecule has 1 atom stereocenters. The number of aryl methyl sites for hydroxylation is 1. The maximum atomic E-state index is 12.5. The van der Waals surface area contributed by atoms with Crippen LogP contribution >= 0.6 is 11.3 Å². The molecule has 1 unspecified atom stereocenters. The normalized spacial score (nSPS) is 12.2. The lowest BCUT2D eigenvalue weighted by molar-refractivity contribution is -0.137. The Morgan fingerprint density at radius 1 is 0.892 bits per heavy atom. The number of hydrogen-bond donors (Lipinski definition) is 2. The van der Waals surface area contributed by atoms with Crippen LogP contribution in [0, 0.1) is 0 Å². The number of hydrogen-bond acceptors (Lipinski definition) is 5. The Balaban J connectivity index is 1.48. The lowest BCUT2D eigenvalue weighted by atomic mass is 9.95. The van der Waals surface area contributed by atoms with Gasteiger partial charge in [0, 0.05) is 16.9 Å². The molecule has 6 heteroatoms. The highest BCUT2D eigenvalue weighted by molar-refractivity contribution is 7.19. The van der Waals surface area contributed by atoms with Crippen LogP contribution in [0.4, 0.5) is 5.82 Å². The van der Waals surface area contributed by atoms with Crippen LogP contribution < -0.4 is 5.32 Å². The summed E-state index contributed by atoms with van der Waals surface area (Å²) in [4.78, 5) is 23.7. The smallest absolute Gasteiger partial charge is 0.326 e. The zero-order valence-corrected chi connectivity index (χ0v) is 21.1. The van der Waals surface area contributed by atoms with Gasteiger partial charge < -0.3 is 10.4 Å². The van der Waals surface area contributed by atoms with Crippen LogP contribution in [0.2, 0.25) is 0 Å². The Kier molecular flexibility index (Phi) is 6.02. The Morgan fingerprint density at radius 2 is 1.57 bits per heavy atom. The number of thiophene rings is 1. The fourth-order valence-electron chi connectivity index (χ4n) is 5.12. The van der Waals surface area contributed by atoms with E-state index in [1.165, 1.54) is 11.2 Å². The van der Waals surface area contributed by atoms with Crippen LogP contribution in [0.15, 0.2) is 91.3 Å². The van der Waals surface area contributed by atoms with Gasteiger partial charge in [0.2, 0.25) is 0 Å². The molecule has 6 aromatic rings. The first-order valence-corrected chi connectivity index (χ1v) is 13.2. The molecule has 182 valence electrons. The molecule has 0 saturated heterocycles. The zero-order valence-electron chi connectivity index (χ0n) is 20.3. The van der Waals surface area contributed by atoms with Crippen molar-refractivity contribution >= 4 is 54.9 Å². The highest BCUT2D eigenvalue weighted by Crippen LogP contribution is 2.43. The maximum Gasteiger partial charge on any atom is 0.326 e. The molecule has 0 spiro atoms. The molecule has 2 N–H and O–H groups in total. The number of fused-ring (bicyclic) bond motifs is 3. The number of anilines is 1. The minimum Gasteiger partial charge on any atom is -0.480 e. The average Bonchev–Trinajstić information content (AvgIpc) is 3.32. The summed E-state index contributed by atoms with van der Waals surface area (Å²) in [6, 6.07) is 27.9. The minimum atomic E-state index is -0.919. The summed E-state index contributed by atoms with van der Waals surface area (Å²) in [5, 5.41) is 18.8. The summed E-state index contributed by atoms with van der Waals surface area (Å²) in [6.45, 7) is 2.14. The second kappa shape index (κ2) is 9.64. The third-order valence-electron chi connectivity index (χ3n) is 6.85. The molecule has 5 nitrogen and oxygen atoms in total. The van der Waals surface area contributed by atoms with Gasteiger partial charge in [-0.3, -0.25) is 0 Å². The number of carbonyl (C=O) groups is 1. The van der Waals surface area contributed by atoms with Gasteiger partial charge in [0.15, 0.2) is 0 Å². The molecule has 0 bridgehead atoms. The summed E-state index contributed by atoms with van der Waals surface area (Å²) in [5.74, 6) is -0.367. The van der Waals surface area contributed by atoms with Gasteiger partial charge >= 0.3 is 5.97 Å². The molecule has 0 aliphatic rings. The number of carboxylic acid groups (broad SMARTS) is 1. The van der Waals surface area contributed by atoms with Crippen molar-refractivity contribution < 1.29 is 9.90 Å². The minimum absolute atomic E-state index is 0.330. The molecule has 4 aromatic carbocycles. The van der Waals surface area contributed by atoms with Crippen LogP contribution in [0.25, 0.3) is 42.9 Å². The van der Waals surface area contributed by atoms with Gasteiger partial charge in [-0.2, -0.15) is 0 Å². The van der Waals surface area contributed by atoms with Crippen molar-refractivity contribution in [3.63, 3.8) is 0 Å². The van der Waals surface area contributed by atoms with E-state index < -0.39 is 12.0 Å². The number of aromatic nitrogens is 2. The van der Waals surface area contributed by atoms with Crippen molar-refractivity contribution in [1.82, 2.24) is 9.97 Å². The molecule has 0 aliphatic carbocycles. The monoisotopic (exact) mass is 503 g/mol. The van der Waals surface area contributed by atoms with E-state index in [0.717, 1.165) is 54.9 Å². The van der Waals surface area contributed by atoms with Crippen LogP contribution in [0.1, 0.15) is 17.4 Å². The standard InChI is InChI=1S/C31H25N3O2S/c1-2-26-27(24-16-8-12-20-10-4-6-15-23(20)24)28-29(32-18-33-30(28)37-26)34-25(31(35)36)17-21-13-7-11-19-9-3-5-14-22(19)21/h3-16,18,25H,2,17H2,1H3,(H,35,36)(H,32,33,34). The third-order valence-corrected chi connectivity index (χ3v) is 8.10. The second-order valence-corrected chi connectivity index (χ2v) is 10.1. The summed E-state index contributed by atoms with van der Waals surface area (Å²) < 4.78 is 0. The summed E-state index contributed by atoms with van der Waals surface area (Å²) >= 11 is 1.64. The van der Waals surface area contributed by atoms with Gasteiger partial charge in [-0.1, -0.05) is 91.9 Å². The number of rotatable bonds is 7. The predicted molar refractivity (Wildman–Crippen MR) is 152 cm³/mol. The van der Waals surface area contributed by atoms with Crippen molar-refractivity contribution in [2.75, 3.05) is 5.32 Å². The van der Waals surface area contributed by atoms with Crippen LogP contribution in [-0.4, -0.2) is 27.1 Å². The van der Waals surface area contributed by atoms with Gasteiger partial charge in [-0.25, -0.2) is 14.8 Å². The SMILES string of the molecule is CCc1sc2ncnc(NC(Cc3cccc4ccccc34)C(=O)O)c2c1-c1cccc2ccccc12. The molecule has 37 heavy (non-hydrogen) atoms. The van der Waals surface area contributed by atoms with Gasteiger partial charge in [-0.05, 0) is 39.1 Å². The molecule has 2 aromatic heterocycles. The molecule has 0 radical (unpaired) electrons. The summed E-state index contributed by atoms with van der Waals surface area (Å²) in [5.41, 5.74) is 3.17. The maximum absolute atomic E-state index is 12.5. The quantitative estimate of drug-likeness (QED) is 0.238. The molecule has 0 aliphatic heterocycles. The van der Waals surface area contributed by atoms with Crippen LogP contribution in [-0.2, 0) is 17.6 Å². The third kappa shape index (κ3) is 4.19. The van der Waals surface area contributed by atoms with E-state index in [2.05, 4.69) is 52.5 Å². The number of nitrogens with one attached hydrogen (secondary N) is 1. The highest BCUT2D eigenvalue weighted by Gasteiger charge is 2.24. The summed E-state index contributed by atoms with van der Waals surface area (Å²) in [7, 11) is 0. The van der Waals surface area contributed by atoms with Gasteiger partial charge in [0.1, 0.15) is 23.0 Å². The average molecular weight is 504 g/mol. The first kappa shape index (κ1) is 23.1. The van der Waals surface area contributed by atoms with E-state index in [0.29, 0.717) is 12.2 Å². The Hall–Kier alpha value is -4.29. The van der Waals surface area contributed by atoms with Crippen molar-refractivity contribution in [2.45, 2.75) is 25.8 Å². The molecule has 0 amide bonds. The molecular formula is C31H25N3O2S. The first-order chi connectivity index (χ1) is 18.1. The lowest BCUT2D eigenvalue weighted by Gasteiger charge is -2.18. The predicted octanol–water partition coefficient (Wildman–Crippen LogP) is 7.33. The van der Waals surface area contributed by atoms with Crippen molar-refractivity contribution in [1.29, 1.82) is 0 Å².